The Bertz CT molecular complexity index is 433. The molecule has 0 amide bonds. The Morgan fingerprint density at radius 2 is 2.06 bits per heavy atom. The third-order valence-electron chi connectivity index (χ3n) is 3.27. The fourth-order valence-corrected chi connectivity index (χ4v) is 2.65. The van der Waals surface area contributed by atoms with E-state index < -0.39 is 0 Å². The highest BCUT2D eigenvalue weighted by molar-refractivity contribution is 7.97. The minimum atomic E-state index is -0.356. The van der Waals surface area contributed by atoms with Gasteiger partial charge in [0, 0.05) is 17.0 Å². The summed E-state index contributed by atoms with van der Waals surface area (Å²) in [6.45, 7) is 0. The molecule has 1 aromatic rings. The predicted octanol–water partition coefficient (Wildman–Crippen LogP) is 3.31. The van der Waals surface area contributed by atoms with Gasteiger partial charge in [-0.25, -0.2) is 0 Å². The second-order valence-corrected chi connectivity index (χ2v) is 5.24. The lowest BCUT2D eigenvalue weighted by Gasteiger charge is -2.23. The van der Waals surface area contributed by atoms with Crippen molar-refractivity contribution in [2.45, 2.75) is 43.0 Å². The highest BCUT2D eigenvalue weighted by Gasteiger charge is 2.19. The molecule has 1 saturated carbocycles. The van der Waals surface area contributed by atoms with Crippen LogP contribution in [0.1, 0.15) is 32.1 Å². The molecule has 0 atom stereocenters. The lowest BCUT2D eigenvalue weighted by Crippen LogP contribution is -2.22. The molecule has 0 unspecified atom stereocenters. The first-order valence-corrected chi connectivity index (χ1v) is 7.00. The largest absolute Gasteiger partial charge is 0.377 e. The third-order valence-corrected chi connectivity index (χ3v) is 3.79. The normalized spacial score (nSPS) is 16.5. The van der Waals surface area contributed by atoms with E-state index >= 15 is 0 Å². The maximum absolute atomic E-state index is 11.0. The van der Waals surface area contributed by atoms with E-state index in [9.17, 15) is 10.1 Å². The molecule has 0 saturated heterocycles. The van der Waals surface area contributed by atoms with Crippen molar-refractivity contribution >= 4 is 23.3 Å². The summed E-state index contributed by atoms with van der Waals surface area (Å²) in [6, 6.07) is 5.44. The smallest absolute Gasteiger partial charge is 0.293 e. The van der Waals surface area contributed by atoms with Crippen molar-refractivity contribution in [1.82, 2.24) is 0 Å². The van der Waals surface area contributed by atoms with E-state index in [4.69, 9.17) is 5.14 Å². The second kappa shape index (κ2) is 6.06. The molecule has 98 valence electrons. The number of nitrogens with zero attached hydrogens (tertiary/aromatic N) is 1. The minimum Gasteiger partial charge on any atom is -0.377 e. The van der Waals surface area contributed by atoms with Gasteiger partial charge in [-0.15, -0.1) is 0 Å². The van der Waals surface area contributed by atoms with Gasteiger partial charge in [0.2, 0.25) is 0 Å². The summed E-state index contributed by atoms with van der Waals surface area (Å²) >= 11 is 1.02. The van der Waals surface area contributed by atoms with Gasteiger partial charge in [-0.05, 0) is 36.9 Å². The van der Waals surface area contributed by atoms with E-state index in [1.54, 1.807) is 6.07 Å². The molecule has 1 aliphatic rings. The SMILES string of the molecule is NSc1ccc(NC2CCCCC2)c([N+](=O)[O-])c1. The molecular formula is C12H17N3O2S. The number of nitro groups is 1. The number of nitrogens with two attached hydrogens (primary N) is 1. The first-order valence-electron chi connectivity index (χ1n) is 6.12. The molecule has 0 aromatic heterocycles. The molecule has 5 nitrogen and oxygen atoms in total. The summed E-state index contributed by atoms with van der Waals surface area (Å²) in [5, 5.41) is 19.8. The van der Waals surface area contributed by atoms with Crippen molar-refractivity contribution in [2.24, 2.45) is 5.14 Å². The zero-order valence-corrected chi connectivity index (χ0v) is 10.9. The number of nitro benzene ring substituents is 1. The topological polar surface area (TPSA) is 81.2 Å². The van der Waals surface area contributed by atoms with Gasteiger partial charge in [-0.2, -0.15) is 0 Å². The van der Waals surface area contributed by atoms with Gasteiger partial charge in [0.15, 0.2) is 0 Å². The van der Waals surface area contributed by atoms with Crippen molar-refractivity contribution in [3.05, 3.63) is 28.3 Å². The summed E-state index contributed by atoms with van der Waals surface area (Å²) in [7, 11) is 0. The van der Waals surface area contributed by atoms with Crippen molar-refractivity contribution in [3.63, 3.8) is 0 Å². The molecule has 0 spiro atoms. The van der Waals surface area contributed by atoms with E-state index in [-0.39, 0.29) is 10.6 Å². The van der Waals surface area contributed by atoms with Crippen molar-refractivity contribution in [3.8, 4) is 0 Å². The summed E-state index contributed by atoms with van der Waals surface area (Å²) in [5.74, 6) is 0. The summed E-state index contributed by atoms with van der Waals surface area (Å²) in [4.78, 5) is 11.4. The monoisotopic (exact) mass is 267 g/mol. The van der Waals surface area contributed by atoms with Crippen LogP contribution in [0, 0.1) is 10.1 Å². The van der Waals surface area contributed by atoms with Gasteiger partial charge in [0.25, 0.3) is 5.69 Å². The maximum Gasteiger partial charge on any atom is 0.293 e. The maximum atomic E-state index is 11.0. The number of nitrogens with one attached hydrogen (secondary N) is 1. The molecule has 1 aliphatic carbocycles. The molecule has 3 N–H and O–H groups in total. The molecule has 18 heavy (non-hydrogen) atoms. The van der Waals surface area contributed by atoms with E-state index in [0.29, 0.717) is 16.6 Å². The molecule has 0 bridgehead atoms. The van der Waals surface area contributed by atoms with Gasteiger partial charge in [0.05, 0.1) is 4.92 Å². The Balaban J connectivity index is 2.17. The number of hydrogen-bond donors (Lipinski definition) is 2. The molecule has 1 fully saturated rings. The average Bonchev–Trinajstić information content (AvgIpc) is 2.40. The Kier molecular flexibility index (Phi) is 4.43. The standard InChI is InChI=1S/C12H17N3O2S/c13-18-10-6-7-11(12(8-10)15(16)17)14-9-4-2-1-3-5-9/h6-9,14H,1-5,13H2. The Labute approximate surface area is 110 Å². The van der Waals surface area contributed by atoms with Gasteiger partial charge in [0.1, 0.15) is 5.69 Å². The summed E-state index contributed by atoms with van der Waals surface area (Å²) in [6.07, 6.45) is 5.84. The van der Waals surface area contributed by atoms with Crippen molar-refractivity contribution in [1.29, 1.82) is 0 Å². The van der Waals surface area contributed by atoms with Crippen LogP contribution in [0.15, 0.2) is 23.1 Å². The van der Waals surface area contributed by atoms with Crippen LogP contribution >= 0.6 is 11.9 Å². The Hall–Kier alpha value is -1.27. The number of benzene rings is 1. The fourth-order valence-electron chi connectivity index (χ4n) is 2.32. The third kappa shape index (κ3) is 3.14. The zero-order chi connectivity index (χ0) is 13.0. The molecule has 0 radical (unpaired) electrons. The van der Waals surface area contributed by atoms with Crippen LogP contribution < -0.4 is 10.5 Å². The van der Waals surface area contributed by atoms with Crippen LogP contribution in [0.3, 0.4) is 0 Å². The molecule has 6 heteroatoms. The molecular weight excluding hydrogens is 250 g/mol. The molecule has 1 aromatic carbocycles. The first kappa shape index (κ1) is 13.2. The van der Waals surface area contributed by atoms with Crippen molar-refractivity contribution in [2.75, 3.05) is 5.32 Å². The number of rotatable bonds is 4. The van der Waals surface area contributed by atoms with Crippen LogP contribution in [-0.4, -0.2) is 11.0 Å². The Morgan fingerprint density at radius 1 is 1.33 bits per heavy atom. The summed E-state index contributed by atoms with van der Waals surface area (Å²) in [5.41, 5.74) is 0.709. The fraction of sp³-hybridized carbons (Fsp3) is 0.500. The van der Waals surface area contributed by atoms with Gasteiger partial charge in [-0.1, -0.05) is 19.3 Å². The highest BCUT2D eigenvalue weighted by atomic mass is 32.2. The molecule has 2 rings (SSSR count). The van der Waals surface area contributed by atoms with Crippen molar-refractivity contribution < 1.29 is 4.92 Å². The minimum absolute atomic E-state index is 0.107. The predicted molar refractivity (Wildman–Crippen MR) is 73.6 cm³/mol. The number of hydrogen-bond acceptors (Lipinski definition) is 5. The Morgan fingerprint density at radius 3 is 2.67 bits per heavy atom. The van der Waals surface area contributed by atoms with E-state index in [0.717, 1.165) is 24.8 Å². The van der Waals surface area contributed by atoms with Crippen LogP contribution in [0.5, 0.6) is 0 Å². The van der Waals surface area contributed by atoms with E-state index in [1.807, 2.05) is 6.07 Å². The molecule has 0 aliphatic heterocycles. The zero-order valence-electron chi connectivity index (χ0n) is 10.1. The summed E-state index contributed by atoms with van der Waals surface area (Å²) < 4.78 is 0. The van der Waals surface area contributed by atoms with Gasteiger partial charge < -0.3 is 5.32 Å². The van der Waals surface area contributed by atoms with Crippen LogP contribution in [0.2, 0.25) is 0 Å². The first-order chi connectivity index (χ1) is 8.70. The van der Waals surface area contributed by atoms with E-state index in [2.05, 4.69) is 5.32 Å². The number of anilines is 1. The van der Waals surface area contributed by atoms with Crippen LogP contribution in [-0.2, 0) is 0 Å². The highest BCUT2D eigenvalue weighted by Crippen LogP contribution is 2.31. The van der Waals surface area contributed by atoms with Crippen LogP contribution in [0.25, 0.3) is 0 Å². The van der Waals surface area contributed by atoms with Crippen LogP contribution in [0.4, 0.5) is 11.4 Å². The lowest BCUT2D eigenvalue weighted by atomic mass is 9.95. The van der Waals surface area contributed by atoms with Gasteiger partial charge >= 0.3 is 0 Å². The van der Waals surface area contributed by atoms with E-state index in [1.165, 1.54) is 25.3 Å². The van der Waals surface area contributed by atoms with Gasteiger partial charge in [-0.3, -0.25) is 15.3 Å². The average molecular weight is 267 g/mol. The lowest BCUT2D eigenvalue weighted by molar-refractivity contribution is -0.384. The molecule has 0 heterocycles. The second-order valence-electron chi connectivity index (χ2n) is 4.53. The quantitative estimate of drug-likeness (QED) is 0.497.